The van der Waals surface area contributed by atoms with Crippen molar-refractivity contribution in [2.45, 2.75) is 11.8 Å². The van der Waals surface area contributed by atoms with E-state index in [4.69, 9.17) is 0 Å². The van der Waals surface area contributed by atoms with Crippen molar-refractivity contribution in [3.63, 3.8) is 0 Å². The highest BCUT2D eigenvalue weighted by atomic mass is 32.1. The predicted molar refractivity (Wildman–Crippen MR) is 179 cm³/mol. The Hall–Kier alpha value is -6.28. The van der Waals surface area contributed by atoms with E-state index in [9.17, 15) is 31.9 Å². The van der Waals surface area contributed by atoms with E-state index in [1.807, 2.05) is 115 Å². The number of nitrogens with zero attached hydrogens (tertiary/aromatic N) is 7. The monoisotopic (exact) mass is 613 g/mol. The number of hydrogen-bond acceptors (Lipinski definition) is 7. The molecule has 0 fully saturated rings. The van der Waals surface area contributed by atoms with Gasteiger partial charge >= 0.3 is 0 Å². The lowest BCUT2D eigenvalue weighted by Crippen LogP contribution is -2.09. The summed E-state index contributed by atoms with van der Waals surface area (Å²) in [7, 11) is 0. The van der Waals surface area contributed by atoms with Crippen molar-refractivity contribution in [2.24, 2.45) is 0 Å². The average molecular weight is 614 g/mol. The van der Waals surface area contributed by atoms with Gasteiger partial charge in [-0.05, 0) is 71.8 Å². The van der Waals surface area contributed by atoms with Gasteiger partial charge < -0.3 is 15.7 Å². The Kier molecular flexibility index (Phi) is 9.25. The van der Waals surface area contributed by atoms with Crippen LogP contribution in [-0.2, 0) is 0 Å². The van der Waals surface area contributed by atoms with Crippen LogP contribution >= 0.6 is 22.7 Å². The Morgan fingerprint density at radius 1 is 0.533 bits per heavy atom. The Labute approximate surface area is 268 Å². The molecule has 0 saturated heterocycles. The molecule has 45 heavy (non-hydrogen) atoms. The fraction of sp³-hybridized carbons (Fsp3) is 0.0556. The summed E-state index contributed by atoms with van der Waals surface area (Å²) in [6.07, 6.45) is 0. The molecule has 9 heteroatoms. The molecule has 0 radical (unpaired) electrons. The SMILES string of the molecule is N#CC(=C=[N-])C(C#N)c1ccc(-c2ccc(N(c3ccccc3)c3ccc(-c4ccc(C(C#N)C(=C=[N-])C#N)s4)cc3)cc2)s1. The summed E-state index contributed by atoms with van der Waals surface area (Å²) in [4.78, 5) is 5.27. The van der Waals surface area contributed by atoms with Gasteiger partial charge in [0.25, 0.3) is 0 Å². The van der Waals surface area contributed by atoms with E-state index < -0.39 is 11.8 Å². The number of hydrogen-bond donors (Lipinski definition) is 0. The van der Waals surface area contributed by atoms with Crippen LogP contribution in [0.1, 0.15) is 21.6 Å². The molecule has 3 aromatic carbocycles. The summed E-state index contributed by atoms with van der Waals surface area (Å²) in [5.41, 5.74) is 4.48. The second kappa shape index (κ2) is 13.8. The molecule has 0 aliphatic rings. The molecule has 5 rings (SSSR count). The highest BCUT2D eigenvalue weighted by molar-refractivity contribution is 7.16. The normalized spacial score (nSPS) is 11.3. The Balaban J connectivity index is 1.44. The molecule has 2 heterocycles. The number of rotatable bonds is 9. The van der Waals surface area contributed by atoms with Gasteiger partial charge in [-0.15, -0.1) is 22.7 Å². The molecular weight excluding hydrogens is 595 g/mol. The van der Waals surface area contributed by atoms with E-state index in [1.54, 1.807) is 12.1 Å². The van der Waals surface area contributed by atoms with Crippen molar-refractivity contribution in [1.29, 1.82) is 21.0 Å². The maximum absolute atomic E-state index is 9.55. The average Bonchev–Trinajstić information content (AvgIpc) is 3.78. The number of nitriles is 4. The second-order valence-corrected chi connectivity index (χ2v) is 11.8. The first-order valence-electron chi connectivity index (χ1n) is 13.4. The summed E-state index contributed by atoms with van der Waals surface area (Å²) in [6.45, 7) is 0. The molecule has 2 unspecified atom stereocenters. The van der Waals surface area contributed by atoms with E-state index >= 15 is 0 Å². The maximum atomic E-state index is 9.55. The van der Waals surface area contributed by atoms with Gasteiger partial charge in [-0.3, -0.25) is 11.7 Å². The van der Waals surface area contributed by atoms with Crippen molar-refractivity contribution in [3.05, 3.63) is 135 Å². The fourth-order valence-corrected chi connectivity index (χ4v) is 6.89. The fourth-order valence-electron chi connectivity index (χ4n) is 4.75. The molecule has 0 aliphatic carbocycles. The molecule has 212 valence electrons. The summed E-state index contributed by atoms with van der Waals surface area (Å²) < 4.78 is 0. The standard InChI is InChI=1S/C36H19N7S2/c37-18-26(19-38)31(22-41)35-16-14-33(44-35)24-6-10-29(11-7-24)43(28-4-2-1-3-5-28)30-12-8-25(9-13-30)34-15-17-36(45-34)32(23-42)27(20-39)21-40/h1-17,31-32H/q-2. The quantitative estimate of drug-likeness (QED) is 0.120. The zero-order chi connectivity index (χ0) is 31.8. The van der Waals surface area contributed by atoms with E-state index in [0.29, 0.717) is 9.75 Å². The van der Waals surface area contributed by atoms with Gasteiger partial charge in [0.2, 0.25) is 0 Å². The van der Waals surface area contributed by atoms with Crippen molar-refractivity contribution in [3.8, 4) is 45.2 Å². The topological polar surface area (TPSA) is 143 Å². The molecule has 5 aromatic rings. The van der Waals surface area contributed by atoms with E-state index in [2.05, 4.69) is 17.0 Å². The van der Waals surface area contributed by atoms with Crippen LogP contribution in [0.25, 0.3) is 31.7 Å². The molecule has 0 bridgehead atoms. The van der Waals surface area contributed by atoms with Crippen LogP contribution in [0.4, 0.5) is 17.1 Å². The molecule has 0 saturated carbocycles. The maximum Gasteiger partial charge on any atom is 0.121 e. The summed E-state index contributed by atoms with van der Waals surface area (Å²) >= 11 is 2.77. The molecule has 0 N–H and O–H groups in total. The third-order valence-electron chi connectivity index (χ3n) is 6.97. The van der Waals surface area contributed by atoms with E-state index in [1.165, 1.54) is 22.7 Å². The van der Waals surface area contributed by atoms with Crippen LogP contribution in [0.2, 0.25) is 0 Å². The molecule has 0 aliphatic heterocycles. The first-order chi connectivity index (χ1) is 22.0. The third kappa shape index (κ3) is 6.25. The number of benzene rings is 3. The smallest absolute Gasteiger partial charge is 0.121 e. The Morgan fingerprint density at radius 3 is 1.29 bits per heavy atom. The molecular formula is C36H19N7S2-2. The van der Waals surface area contributed by atoms with Gasteiger partial charge in [0.1, 0.15) is 24.0 Å². The first-order valence-corrected chi connectivity index (χ1v) is 15.1. The minimum absolute atomic E-state index is 0.123. The molecule has 0 spiro atoms. The Morgan fingerprint density at radius 2 is 0.933 bits per heavy atom. The molecule has 2 atom stereocenters. The zero-order valence-corrected chi connectivity index (χ0v) is 25.0. The third-order valence-corrected chi connectivity index (χ3v) is 9.37. The lowest BCUT2D eigenvalue weighted by Gasteiger charge is -2.25. The van der Waals surface area contributed by atoms with Crippen molar-refractivity contribution < 1.29 is 0 Å². The lowest BCUT2D eigenvalue weighted by molar-refractivity contribution is 1.09. The summed E-state index contributed by atoms with van der Waals surface area (Å²) in [5.74, 6) is 1.90. The van der Waals surface area contributed by atoms with Crippen LogP contribution in [-0.4, -0.2) is 11.7 Å². The highest BCUT2D eigenvalue weighted by Crippen LogP contribution is 2.40. The summed E-state index contributed by atoms with van der Waals surface area (Å²) in [5, 5.41) is 56.0. The van der Waals surface area contributed by atoms with Gasteiger partial charge in [-0.2, -0.15) is 21.0 Å². The Bertz CT molecular complexity index is 1980. The van der Waals surface area contributed by atoms with Crippen molar-refractivity contribution in [1.82, 2.24) is 0 Å². The predicted octanol–water partition coefficient (Wildman–Crippen LogP) is 9.21. The van der Waals surface area contributed by atoms with Gasteiger partial charge in [0, 0.05) is 36.6 Å². The number of para-hydroxylation sites is 1. The van der Waals surface area contributed by atoms with Gasteiger partial charge in [-0.25, -0.2) is 0 Å². The van der Waals surface area contributed by atoms with Crippen LogP contribution in [0.3, 0.4) is 0 Å². The molecule has 0 amide bonds. The van der Waals surface area contributed by atoms with Gasteiger partial charge in [0.15, 0.2) is 0 Å². The van der Waals surface area contributed by atoms with Crippen LogP contribution < -0.4 is 4.90 Å². The largest absolute Gasteiger partial charge is 0.762 e. The van der Waals surface area contributed by atoms with Gasteiger partial charge in [-0.1, -0.05) is 42.5 Å². The summed E-state index contributed by atoms with van der Waals surface area (Å²) in [6, 6.07) is 41.2. The van der Waals surface area contributed by atoms with Crippen molar-refractivity contribution in [2.75, 3.05) is 4.90 Å². The zero-order valence-electron chi connectivity index (χ0n) is 23.4. The second-order valence-electron chi connectivity index (χ2n) is 9.57. The molecule has 2 aromatic heterocycles. The lowest BCUT2D eigenvalue weighted by atomic mass is 10.0. The first kappa shape index (κ1) is 30.2. The molecule has 7 nitrogen and oxygen atoms in total. The van der Waals surface area contributed by atoms with Gasteiger partial charge in [0.05, 0.1) is 23.3 Å². The highest BCUT2D eigenvalue weighted by Gasteiger charge is 2.20. The number of allylic oxidation sites excluding steroid dienone is 2. The van der Waals surface area contributed by atoms with Crippen molar-refractivity contribution >= 4 is 51.5 Å². The van der Waals surface area contributed by atoms with Crippen LogP contribution in [0.15, 0.2) is 114 Å². The van der Waals surface area contributed by atoms with E-state index in [0.717, 1.165) is 37.9 Å². The number of anilines is 3. The number of thiophene rings is 2. The van der Waals surface area contributed by atoms with Crippen LogP contribution in [0.5, 0.6) is 0 Å². The van der Waals surface area contributed by atoms with Crippen LogP contribution in [0, 0.1) is 45.3 Å². The van der Waals surface area contributed by atoms with E-state index in [-0.39, 0.29) is 11.1 Å². The minimum Gasteiger partial charge on any atom is -0.762 e. The minimum atomic E-state index is -0.881.